The van der Waals surface area contributed by atoms with Crippen LogP contribution in [0.4, 0.5) is 0 Å². The lowest BCUT2D eigenvalue weighted by Crippen LogP contribution is -2.08. The molecule has 0 amide bonds. The van der Waals surface area contributed by atoms with E-state index >= 15 is 0 Å². The van der Waals surface area contributed by atoms with Gasteiger partial charge in [0.2, 0.25) is 0 Å². The monoisotopic (exact) mass is 274 g/mol. The Hall–Kier alpha value is -1.83. The summed E-state index contributed by atoms with van der Waals surface area (Å²) >= 11 is 0. The third kappa shape index (κ3) is 5.43. The molecule has 0 aliphatic carbocycles. The van der Waals surface area contributed by atoms with E-state index in [4.69, 9.17) is 4.74 Å². The predicted molar refractivity (Wildman–Crippen MR) is 80.1 cm³/mol. The minimum Gasteiger partial charge on any atom is -0.460 e. The first kappa shape index (κ1) is 16.2. The fraction of sp³-hybridized carbons (Fsp3) is 0.412. The minimum absolute atomic E-state index is 0.103. The van der Waals surface area contributed by atoms with Gasteiger partial charge < -0.3 is 9.84 Å². The summed E-state index contributed by atoms with van der Waals surface area (Å²) < 4.78 is 5.10. The number of hydrogen-bond donors (Lipinski definition) is 1. The molecule has 0 saturated carbocycles. The van der Waals surface area contributed by atoms with E-state index in [0.717, 1.165) is 24.0 Å². The second-order valence-corrected chi connectivity index (χ2v) is 4.50. The quantitative estimate of drug-likeness (QED) is 0.612. The molecular weight excluding hydrogens is 252 g/mol. The highest BCUT2D eigenvalue weighted by molar-refractivity contribution is 5.69. The van der Waals surface area contributed by atoms with Crippen molar-refractivity contribution >= 4 is 11.5 Å². The van der Waals surface area contributed by atoms with Crippen LogP contribution in [0.15, 0.2) is 41.6 Å². The minimum atomic E-state index is -0.238. The molecule has 0 radical (unpaired) electrons. The van der Waals surface area contributed by atoms with Gasteiger partial charge >= 0.3 is 5.97 Å². The molecule has 0 saturated heterocycles. The number of aliphatic hydroxyl groups excluding tert-OH is 1. The van der Waals surface area contributed by atoms with Gasteiger partial charge in [0.25, 0.3) is 0 Å². The molecule has 0 aromatic heterocycles. The molecule has 20 heavy (non-hydrogen) atoms. The average molecular weight is 274 g/mol. The Bertz CT molecular complexity index is 482. The first-order valence-corrected chi connectivity index (χ1v) is 7.00. The van der Waals surface area contributed by atoms with Crippen LogP contribution in [0.5, 0.6) is 0 Å². The fourth-order valence-corrected chi connectivity index (χ4v) is 1.78. The largest absolute Gasteiger partial charge is 0.460 e. The highest BCUT2D eigenvalue weighted by Gasteiger charge is 2.04. The topological polar surface area (TPSA) is 46.5 Å². The molecule has 0 atom stereocenters. The first-order chi connectivity index (χ1) is 9.71. The van der Waals surface area contributed by atoms with Gasteiger partial charge in [0, 0.05) is 17.6 Å². The molecular formula is C17H22O3. The van der Waals surface area contributed by atoms with Gasteiger partial charge in [-0.25, -0.2) is 0 Å². The van der Waals surface area contributed by atoms with E-state index in [9.17, 15) is 9.90 Å². The normalized spacial score (nSPS) is 9.75. The summed E-state index contributed by atoms with van der Waals surface area (Å²) in [6.45, 7) is 3.91. The third-order valence-corrected chi connectivity index (χ3v) is 2.86. The lowest BCUT2D eigenvalue weighted by molar-refractivity contribution is -0.142. The lowest BCUT2D eigenvalue weighted by atomic mass is 10.0. The van der Waals surface area contributed by atoms with Crippen LogP contribution in [0, 0.1) is 0 Å². The Kier molecular flexibility index (Phi) is 7.41. The van der Waals surface area contributed by atoms with Crippen molar-refractivity contribution < 1.29 is 14.6 Å². The summed E-state index contributed by atoms with van der Waals surface area (Å²) in [5, 5.41) is 9.36. The SMILES string of the molecule is CCCC(=O)OCC(=C=C(CC)c1ccccc1)CO. The van der Waals surface area contributed by atoms with Gasteiger partial charge in [0.05, 0.1) is 6.61 Å². The zero-order valence-corrected chi connectivity index (χ0v) is 12.2. The second kappa shape index (κ2) is 9.13. The maximum Gasteiger partial charge on any atom is 0.306 e. The second-order valence-electron chi connectivity index (χ2n) is 4.50. The summed E-state index contributed by atoms with van der Waals surface area (Å²) in [4.78, 5) is 11.3. The molecule has 1 aromatic rings. The zero-order chi connectivity index (χ0) is 14.8. The van der Waals surface area contributed by atoms with Gasteiger partial charge in [-0.15, -0.1) is 5.73 Å². The van der Waals surface area contributed by atoms with Crippen molar-refractivity contribution in [3.8, 4) is 0 Å². The van der Waals surface area contributed by atoms with Gasteiger partial charge in [-0.2, -0.15) is 0 Å². The molecule has 3 nitrogen and oxygen atoms in total. The first-order valence-electron chi connectivity index (χ1n) is 7.00. The Balaban J connectivity index is 2.88. The van der Waals surface area contributed by atoms with Crippen molar-refractivity contribution in [2.24, 2.45) is 0 Å². The van der Waals surface area contributed by atoms with E-state index in [1.807, 2.05) is 44.2 Å². The molecule has 1 aromatic carbocycles. The Morgan fingerprint density at radius 3 is 2.50 bits per heavy atom. The molecule has 0 heterocycles. The van der Waals surface area contributed by atoms with Crippen molar-refractivity contribution in [2.75, 3.05) is 13.2 Å². The summed E-state index contributed by atoms with van der Waals surface area (Å²) in [5.74, 6) is -0.238. The highest BCUT2D eigenvalue weighted by atomic mass is 16.5. The number of rotatable bonds is 7. The predicted octanol–water partition coefficient (Wildman–Crippen LogP) is 3.34. The van der Waals surface area contributed by atoms with Crippen molar-refractivity contribution in [3.63, 3.8) is 0 Å². The standard InChI is InChI=1S/C17H22O3/c1-3-8-17(19)20-13-14(12-18)11-15(4-2)16-9-6-5-7-10-16/h5-7,9-10,18H,3-4,8,12-13H2,1-2H3. The van der Waals surface area contributed by atoms with Crippen molar-refractivity contribution in [1.29, 1.82) is 0 Å². The Morgan fingerprint density at radius 1 is 1.25 bits per heavy atom. The van der Waals surface area contributed by atoms with Crippen molar-refractivity contribution in [1.82, 2.24) is 0 Å². The smallest absolute Gasteiger partial charge is 0.306 e. The molecule has 0 aliphatic heterocycles. The van der Waals surface area contributed by atoms with Crippen molar-refractivity contribution in [2.45, 2.75) is 33.1 Å². The van der Waals surface area contributed by atoms with Crippen LogP contribution in [-0.2, 0) is 9.53 Å². The Morgan fingerprint density at radius 2 is 1.95 bits per heavy atom. The maximum absolute atomic E-state index is 11.3. The van der Waals surface area contributed by atoms with Crippen LogP contribution in [0.1, 0.15) is 38.7 Å². The molecule has 1 rings (SSSR count). The van der Waals surface area contributed by atoms with Crippen LogP contribution in [0.2, 0.25) is 0 Å². The van der Waals surface area contributed by atoms with Crippen LogP contribution < -0.4 is 0 Å². The molecule has 0 aliphatic rings. The van der Waals surface area contributed by atoms with Crippen molar-refractivity contribution in [3.05, 3.63) is 47.2 Å². The molecule has 0 fully saturated rings. The van der Waals surface area contributed by atoms with E-state index in [1.165, 1.54) is 0 Å². The number of carbonyl (C=O) groups excluding carboxylic acids is 1. The summed E-state index contributed by atoms with van der Waals surface area (Å²) in [6.07, 6.45) is 1.97. The van der Waals surface area contributed by atoms with Gasteiger partial charge in [-0.3, -0.25) is 4.79 Å². The van der Waals surface area contributed by atoms with E-state index in [0.29, 0.717) is 12.0 Å². The Labute approximate surface area is 120 Å². The van der Waals surface area contributed by atoms with Crippen LogP contribution in [0.3, 0.4) is 0 Å². The molecule has 0 bridgehead atoms. The molecule has 3 heteroatoms. The van der Waals surface area contributed by atoms with Gasteiger partial charge in [-0.1, -0.05) is 44.2 Å². The lowest BCUT2D eigenvalue weighted by Gasteiger charge is -2.06. The number of carbonyl (C=O) groups is 1. The van der Waals surface area contributed by atoms with E-state index < -0.39 is 0 Å². The van der Waals surface area contributed by atoms with Crippen LogP contribution >= 0.6 is 0 Å². The number of esters is 1. The molecule has 1 N–H and O–H groups in total. The average Bonchev–Trinajstić information content (AvgIpc) is 2.49. The van der Waals surface area contributed by atoms with Crippen LogP contribution in [0.25, 0.3) is 5.57 Å². The zero-order valence-electron chi connectivity index (χ0n) is 12.2. The summed E-state index contributed by atoms with van der Waals surface area (Å²) in [5.41, 5.74) is 5.84. The van der Waals surface area contributed by atoms with E-state index in [2.05, 4.69) is 5.73 Å². The number of hydrogen-bond acceptors (Lipinski definition) is 3. The number of aliphatic hydroxyl groups is 1. The number of benzene rings is 1. The van der Waals surface area contributed by atoms with Crippen LogP contribution in [-0.4, -0.2) is 24.3 Å². The molecule has 0 unspecified atom stereocenters. The van der Waals surface area contributed by atoms with Gasteiger partial charge in [0.15, 0.2) is 0 Å². The third-order valence-electron chi connectivity index (χ3n) is 2.86. The molecule has 108 valence electrons. The number of ether oxygens (including phenoxy) is 1. The van der Waals surface area contributed by atoms with E-state index in [1.54, 1.807) is 0 Å². The maximum atomic E-state index is 11.3. The summed E-state index contributed by atoms with van der Waals surface area (Å²) in [6, 6.07) is 9.90. The van der Waals surface area contributed by atoms with Gasteiger partial charge in [0.1, 0.15) is 6.61 Å². The van der Waals surface area contributed by atoms with E-state index in [-0.39, 0.29) is 19.2 Å². The fourth-order valence-electron chi connectivity index (χ4n) is 1.78. The molecule has 0 spiro atoms. The highest BCUT2D eigenvalue weighted by Crippen LogP contribution is 2.16. The van der Waals surface area contributed by atoms with Gasteiger partial charge in [-0.05, 0) is 18.4 Å². The summed E-state index contributed by atoms with van der Waals surface area (Å²) in [7, 11) is 0.